The maximum absolute atomic E-state index is 9.04. The average molecular weight is 287 g/mol. The van der Waals surface area contributed by atoms with E-state index in [0.29, 0.717) is 6.04 Å². The molecule has 1 aromatic carbocycles. The van der Waals surface area contributed by atoms with Crippen LogP contribution in [0.1, 0.15) is 40.5 Å². The Kier molecular flexibility index (Phi) is 4.51. The van der Waals surface area contributed by atoms with Crippen LogP contribution in [0.25, 0.3) is 0 Å². The molecule has 1 unspecified atom stereocenters. The summed E-state index contributed by atoms with van der Waals surface area (Å²) in [5.41, 5.74) is 3.84. The third-order valence-corrected chi connectivity index (χ3v) is 5.06. The highest BCUT2D eigenvalue weighted by Gasteiger charge is 2.20. The SMILES string of the molecule is OCc1ccc(CCNC2CCCc3sccc32)cc1. The van der Waals surface area contributed by atoms with Crippen molar-refractivity contribution in [2.45, 2.75) is 38.3 Å². The maximum Gasteiger partial charge on any atom is 0.0681 e. The number of hydrogen-bond donors (Lipinski definition) is 2. The summed E-state index contributed by atoms with van der Waals surface area (Å²) in [6, 6.07) is 11.1. The van der Waals surface area contributed by atoms with Gasteiger partial charge in [-0.1, -0.05) is 24.3 Å². The Bertz CT molecular complexity index is 546. The van der Waals surface area contributed by atoms with Gasteiger partial charge in [-0.15, -0.1) is 11.3 Å². The van der Waals surface area contributed by atoms with E-state index in [1.807, 2.05) is 23.5 Å². The van der Waals surface area contributed by atoms with E-state index in [-0.39, 0.29) is 6.61 Å². The molecule has 0 spiro atoms. The molecule has 0 saturated heterocycles. The molecular formula is C17H21NOS. The molecule has 0 aliphatic heterocycles. The number of thiophene rings is 1. The van der Waals surface area contributed by atoms with Crippen molar-refractivity contribution < 1.29 is 5.11 Å². The van der Waals surface area contributed by atoms with Gasteiger partial charge in [0.25, 0.3) is 0 Å². The molecule has 3 rings (SSSR count). The zero-order valence-corrected chi connectivity index (χ0v) is 12.5. The quantitative estimate of drug-likeness (QED) is 0.883. The van der Waals surface area contributed by atoms with Crippen molar-refractivity contribution in [1.82, 2.24) is 5.32 Å². The van der Waals surface area contributed by atoms with Crippen LogP contribution in [0.3, 0.4) is 0 Å². The van der Waals surface area contributed by atoms with E-state index in [0.717, 1.165) is 18.5 Å². The number of aliphatic hydroxyl groups is 1. The third kappa shape index (κ3) is 3.11. The van der Waals surface area contributed by atoms with Crippen LogP contribution in [0.4, 0.5) is 0 Å². The molecule has 0 bridgehead atoms. The van der Waals surface area contributed by atoms with Gasteiger partial charge in [-0.25, -0.2) is 0 Å². The van der Waals surface area contributed by atoms with E-state index in [2.05, 4.69) is 28.9 Å². The highest BCUT2D eigenvalue weighted by Crippen LogP contribution is 2.33. The second kappa shape index (κ2) is 6.53. The minimum atomic E-state index is 0.127. The van der Waals surface area contributed by atoms with E-state index in [4.69, 9.17) is 5.11 Å². The first-order valence-electron chi connectivity index (χ1n) is 7.35. The first kappa shape index (κ1) is 13.8. The Morgan fingerprint density at radius 2 is 1.95 bits per heavy atom. The van der Waals surface area contributed by atoms with E-state index in [1.165, 1.54) is 30.4 Å². The molecule has 0 amide bonds. The minimum Gasteiger partial charge on any atom is -0.392 e. The lowest BCUT2D eigenvalue weighted by molar-refractivity contribution is 0.282. The Morgan fingerprint density at radius 1 is 1.15 bits per heavy atom. The molecule has 20 heavy (non-hydrogen) atoms. The minimum absolute atomic E-state index is 0.127. The number of hydrogen-bond acceptors (Lipinski definition) is 3. The van der Waals surface area contributed by atoms with Crippen molar-refractivity contribution in [1.29, 1.82) is 0 Å². The normalized spacial score (nSPS) is 17.9. The number of benzene rings is 1. The summed E-state index contributed by atoms with van der Waals surface area (Å²) >= 11 is 1.90. The summed E-state index contributed by atoms with van der Waals surface area (Å²) in [5, 5.41) is 15.0. The fourth-order valence-electron chi connectivity index (χ4n) is 2.90. The smallest absolute Gasteiger partial charge is 0.0681 e. The standard InChI is InChI=1S/C17H21NOS/c19-12-14-6-4-13(5-7-14)8-10-18-16-2-1-3-17-15(16)9-11-20-17/h4-7,9,11,16,18-19H,1-3,8,10,12H2. The van der Waals surface area contributed by atoms with Gasteiger partial charge >= 0.3 is 0 Å². The van der Waals surface area contributed by atoms with E-state index in [1.54, 1.807) is 4.88 Å². The zero-order valence-electron chi connectivity index (χ0n) is 11.6. The lowest BCUT2D eigenvalue weighted by atomic mass is 9.94. The molecule has 1 aromatic heterocycles. The molecule has 1 atom stereocenters. The summed E-state index contributed by atoms with van der Waals surface area (Å²) in [6.45, 7) is 1.14. The number of fused-ring (bicyclic) bond motifs is 1. The van der Waals surface area contributed by atoms with Gasteiger partial charge in [-0.05, 0) is 60.4 Å². The average Bonchev–Trinajstić information content (AvgIpc) is 2.97. The van der Waals surface area contributed by atoms with Crippen LogP contribution in [0.5, 0.6) is 0 Å². The fraction of sp³-hybridized carbons (Fsp3) is 0.412. The number of aliphatic hydroxyl groups excluding tert-OH is 1. The number of rotatable bonds is 5. The van der Waals surface area contributed by atoms with Crippen molar-refractivity contribution in [3.05, 3.63) is 57.3 Å². The highest BCUT2D eigenvalue weighted by molar-refractivity contribution is 7.10. The summed E-state index contributed by atoms with van der Waals surface area (Å²) in [7, 11) is 0. The van der Waals surface area contributed by atoms with Crippen LogP contribution in [0.15, 0.2) is 35.7 Å². The van der Waals surface area contributed by atoms with Gasteiger partial charge in [0.15, 0.2) is 0 Å². The van der Waals surface area contributed by atoms with E-state index >= 15 is 0 Å². The van der Waals surface area contributed by atoms with Crippen molar-refractivity contribution in [2.24, 2.45) is 0 Å². The predicted octanol–water partition coefficient (Wildman–Crippen LogP) is 3.45. The fourth-order valence-corrected chi connectivity index (χ4v) is 3.89. The van der Waals surface area contributed by atoms with Crippen LogP contribution in [-0.2, 0) is 19.4 Å². The maximum atomic E-state index is 9.04. The molecule has 2 nitrogen and oxygen atoms in total. The van der Waals surface area contributed by atoms with Gasteiger partial charge in [0.2, 0.25) is 0 Å². The predicted molar refractivity (Wildman–Crippen MR) is 84.1 cm³/mol. The molecule has 1 heterocycles. The summed E-state index contributed by atoms with van der Waals surface area (Å²) in [5.74, 6) is 0. The second-order valence-corrected chi connectivity index (χ2v) is 6.42. The number of aryl methyl sites for hydroxylation is 1. The van der Waals surface area contributed by atoms with Gasteiger partial charge in [0, 0.05) is 10.9 Å². The van der Waals surface area contributed by atoms with E-state index < -0.39 is 0 Å². The zero-order chi connectivity index (χ0) is 13.8. The molecule has 1 aliphatic rings. The van der Waals surface area contributed by atoms with Crippen molar-refractivity contribution in [3.63, 3.8) is 0 Å². The topological polar surface area (TPSA) is 32.3 Å². The van der Waals surface area contributed by atoms with Crippen molar-refractivity contribution in [3.8, 4) is 0 Å². The van der Waals surface area contributed by atoms with Crippen LogP contribution >= 0.6 is 11.3 Å². The Morgan fingerprint density at radius 3 is 2.75 bits per heavy atom. The number of nitrogens with one attached hydrogen (secondary N) is 1. The van der Waals surface area contributed by atoms with Crippen LogP contribution in [0.2, 0.25) is 0 Å². The molecular weight excluding hydrogens is 266 g/mol. The lowest BCUT2D eigenvalue weighted by Crippen LogP contribution is -2.26. The lowest BCUT2D eigenvalue weighted by Gasteiger charge is -2.23. The Hall–Kier alpha value is -1.16. The first-order chi connectivity index (χ1) is 9.86. The molecule has 0 fully saturated rings. The van der Waals surface area contributed by atoms with Gasteiger partial charge < -0.3 is 10.4 Å². The largest absolute Gasteiger partial charge is 0.392 e. The van der Waals surface area contributed by atoms with Crippen LogP contribution in [-0.4, -0.2) is 11.7 Å². The molecule has 106 valence electrons. The second-order valence-electron chi connectivity index (χ2n) is 5.42. The summed E-state index contributed by atoms with van der Waals surface area (Å²) in [4.78, 5) is 1.57. The molecule has 0 saturated carbocycles. The highest BCUT2D eigenvalue weighted by atomic mass is 32.1. The molecule has 2 N–H and O–H groups in total. The van der Waals surface area contributed by atoms with Gasteiger partial charge in [0.1, 0.15) is 0 Å². The van der Waals surface area contributed by atoms with Crippen molar-refractivity contribution >= 4 is 11.3 Å². The summed E-state index contributed by atoms with van der Waals surface area (Å²) < 4.78 is 0. The molecule has 1 aliphatic carbocycles. The van der Waals surface area contributed by atoms with Crippen LogP contribution in [0, 0.1) is 0 Å². The monoisotopic (exact) mass is 287 g/mol. The first-order valence-corrected chi connectivity index (χ1v) is 8.23. The summed E-state index contributed by atoms with van der Waals surface area (Å²) in [6.07, 6.45) is 4.86. The van der Waals surface area contributed by atoms with Crippen LogP contribution < -0.4 is 5.32 Å². The molecule has 2 aromatic rings. The van der Waals surface area contributed by atoms with Gasteiger partial charge in [-0.3, -0.25) is 0 Å². The Balaban J connectivity index is 1.53. The molecule has 3 heteroatoms. The Labute approximate surface area is 124 Å². The molecule has 0 radical (unpaired) electrons. The van der Waals surface area contributed by atoms with Crippen molar-refractivity contribution in [2.75, 3.05) is 6.54 Å². The van der Waals surface area contributed by atoms with Gasteiger partial charge in [-0.2, -0.15) is 0 Å². The van der Waals surface area contributed by atoms with E-state index in [9.17, 15) is 0 Å². The third-order valence-electron chi connectivity index (χ3n) is 4.06. The van der Waals surface area contributed by atoms with Gasteiger partial charge in [0.05, 0.1) is 6.61 Å².